The standard InChI is InChI=1S/C20H12FN3O2/c21-17-7-5-14(6-8-17)13-1-3-15(4-2-13)20-22-12-16-11-18(24(25)26)9-10-19(16)23-20/h1-12H. The van der Waals surface area contributed by atoms with Crippen molar-refractivity contribution < 1.29 is 9.31 Å². The molecule has 0 spiro atoms. The van der Waals surface area contributed by atoms with Crippen molar-refractivity contribution in [1.29, 1.82) is 0 Å². The maximum atomic E-state index is 13.0. The van der Waals surface area contributed by atoms with E-state index in [1.165, 1.54) is 24.3 Å². The molecule has 6 heteroatoms. The van der Waals surface area contributed by atoms with Crippen molar-refractivity contribution in [3.63, 3.8) is 0 Å². The fraction of sp³-hybridized carbons (Fsp3) is 0. The number of nitrogens with zero attached hydrogens (tertiary/aromatic N) is 3. The third-order valence-electron chi connectivity index (χ3n) is 4.09. The molecule has 0 amide bonds. The molecule has 1 aromatic heterocycles. The molecule has 4 aromatic rings. The molecule has 0 fully saturated rings. The molecule has 0 aliphatic carbocycles. The highest BCUT2D eigenvalue weighted by atomic mass is 19.1. The summed E-state index contributed by atoms with van der Waals surface area (Å²) in [4.78, 5) is 19.2. The molecule has 0 atom stereocenters. The Labute approximate surface area is 147 Å². The van der Waals surface area contributed by atoms with Gasteiger partial charge in [-0.05, 0) is 29.3 Å². The monoisotopic (exact) mass is 345 g/mol. The molecule has 0 radical (unpaired) electrons. The lowest BCUT2D eigenvalue weighted by atomic mass is 10.0. The van der Waals surface area contributed by atoms with Gasteiger partial charge in [-0.2, -0.15) is 0 Å². The van der Waals surface area contributed by atoms with Crippen LogP contribution in [-0.2, 0) is 0 Å². The van der Waals surface area contributed by atoms with Crippen molar-refractivity contribution in [2.24, 2.45) is 0 Å². The summed E-state index contributed by atoms with van der Waals surface area (Å²) in [5.41, 5.74) is 3.37. The smallest absolute Gasteiger partial charge is 0.258 e. The summed E-state index contributed by atoms with van der Waals surface area (Å²) in [7, 11) is 0. The zero-order valence-electron chi connectivity index (χ0n) is 13.5. The normalized spacial score (nSPS) is 10.8. The van der Waals surface area contributed by atoms with Crippen LogP contribution >= 0.6 is 0 Å². The van der Waals surface area contributed by atoms with Crippen LogP contribution in [0, 0.1) is 15.9 Å². The summed E-state index contributed by atoms with van der Waals surface area (Å²) < 4.78 is 13.0. The topological polar surface area (TPSA) is 68.9 Å². The predicted molar refractivity (Wildman–Crippen MR) is 97.0 cm³/mol. The molecule has 3 aromatic carbocycles. The minimum absolute atomic E-state index is 0.0116. The molecule has 26 heavy (non-hydrogen) atoms. The molecule has 0 bridgehead atoms. The van der Waals surface area contributed by atoms with Crippen LogP contribution < -0.4 is 0 Å². The average Bonchev–Trinajstić information content (AvgIpc) is 2.68. The Hall–Kier alpha value is -3.67. The Morgan fingerprint density at radius 1 is 0.846 bits per heavy atom. The first kappa shape index (κ1) is 15.8. The predicted octanol–water partition coefficient (Wildman–Crippen LogP) is 5.01. The van der Waals surface area contributed by atoms with Gasteiger partial charge in [-0.25, -0.2) is 14.4 Å². The van der Waals surface area contributed by atoms with Gasteiger partial charge in [0.15, 0.2) is 5.82 Å². The second-order valence-corrected chi connectivity index (χ2v) is 5.78. The first-order valence-electron chi connectivity index (χ1n) is 7.88. The first-order chi connectivity index (χ1) is 12.6. The van der Waals surface area contributed by atoms with E-state index in [-0.39, 0.29) is 11.5 Å². The van der Waals surface area contributed by atoms with Gasteiger partial charge < -0.3 is 0 Å². The van der Waals surface area contributed by atoms with Gasteiger partial charge in [-0.1, -0.05) is 36.4 Å². The Balaban J connectivity index is 1.67. The molecule has 0 aliphatic rings. The highest BCUT2D eigenvalue weighted by Crippen LogP contribution is 2.25. The molecule has 0 saturated heterocycles. The molecule has 0 N–H and O–H groups in total. The van der Waals surface area contributed by atoms with Gasteiger partial charge in [0, 0.05) is 29.3 Å². The fourth-order valence-corrected chi connectivity index (χ4v) is 2.73. The van der Waals surface area contributed by atoms with Gasteiger partial charge in [-0.15, -0.1) is 0 Å². The average molecular weight is 345 g/mol. The van der Waals surface area contributed by atoms with E-state index in [1.54, 1.807) is 24.4 Å². The molecule has 4 rings (SSSR count). The van der Waals surface area contributed by atoms with Gasteiger partial charge in [0.25, 0.3) is 5.69 Å². The quantitative estimate of drug-likeness (QED) is 0.386. The Bertz CT molecular complexity index is 1110. The summed E-state index contributed by atoms with van der Waals surface area (Å²) >= 11 is 0. The van der Waals surface area contributed by atoms with E-state index < -0.39 is 4.92 Å². The van der Waals surface area contributed by atoms with E-state index in [1.807, 2.05) is 24.3 Å². The number of benzene rings is 3. The maximum Gasteiger partial charge on any atom is 0.270 e. The van der Waals surface area contributed by atoms with Crippen LogP contribution in [0.15, 0.2) is 72.9 Å². The van der Waals surface area contributed by atoms with Crippen LogP contribution in [0.2, 0.25) is 0 Å². The van der Waals surface area contributed by atoms with Gasteiger partial charge in [-0.3, -0.25) is 10.1 Å². The SMILES string of the molecule is O=[N+]([O-])c1ccc2nc(-c3ccc(-c4ccc(F)cc4)cc3)ncc2c1. The summed E-state index contributed by atoms with van der Waals surface area (Å²) in [6.45, 7) is 0. The third-order valence-corrected chi connectivity index (χ3v) is 4.09. The van der Waals surface area contributed by atoms with E-state index in [0.29, 0.717) is 16.7 Å². The van der Waals surface area contributed by atoms with E-state index in [0.717, 1.165) is 16.7 Å². The second-order valence-electron chi connectivity index (χ2n) is 5.78. The molecule has 126 valence electrons. The van der Waals surface area contributed by atoms with Gasteiger partial charge in [0.2, 0.25) is 0 Å². The van der Waals surface area contributed by atoms with E-state index in [2.05, 4.69) is 9.97 Å². The highest BCUT2D eigenvalue weighted by molar-refractivity contribution is 5.82. The largest absolute Gasteiger partial charge is 0.270 e. The number of halogens is 1. The van der Waals surface area contributed by atoms with Gasteiger partial charge in [0.1, 0.15) is 5.82 Å². The van der Waals surface area contributed by atoms with Gasteiger partial charge in [0.05, 0.1) is 10.4 Å². The molecular formula is C20H12FN3O2. The van der Waals surface area contributed by atoms with Crippen LogP contribution in [-0.4, -0.2) is 14.9 Å². The lowest BCUT2D eigenvalue weighted by molar-refractivity contribution is -0.384. The maximum absolute atomic E-state index is 13.0. The lowest BCUT2D eigenvalue weighted by Gasteiger charge is -2.05. The van der Waals surface area contributed by atoms with Crippen molar-refractivity contribution in [2.75, 3.05) is 0 Å². The number of nitro groups is 1. The number of non-ortho nitro benzene ring substituents is 1. The summed E-state index contributed by atoms with van der Waals surface area (Å²) in [6.07, 6.45) is 1.58. The number of nitro benzene ring substituents is 1. The van der Waals surface area contributed by atoms with Crippen molar-refractivity contribution in [2.45, 2.75) is 0 Å². The van der Waals surface area contributed by atoms with E-state index in [9.17, 15) is 14.5 Å². The zero-order valence-corrected chi connectivity index (χ0v) is 13.5. The number of hydrogen-bond donors (Lipinski definition) is 0. The molecule has 0 aliphatic heterocycles. The highest BCUT2D eigenvalue weighted by Gasteiger charge is 2.09. The number of aromatic nitrogens is 2. The number of rotatable bonds is 3. The molecule has 0 saturated carbocycles. The first-order valence-corrected chi connectivity index (χ1v) is 7.88. The third kappa shape index (κ3) is 3.00. The van der Waals surface area contributed by atoms with Crippen LogP contribution in [0.5, 0.6) is 0 Å². The Morgan fingerprint density at radius 2 is 1.46 bits per heavy atom. The van der Waals surface area contributed by atoms with Crippen LogP contribution in [0.1, 0.15) is 0 Å². The van der Waals surface area contributed by atoms with Crippen LogP contribution in [0.4, 0.5) is 10.1 Å². The summed E-state index contributed by atoms with van der Waals surface area (Å²) in [5, 5.41) is 11.5. The van der Waals surface area contributed by atoms with E-state index in [4.69, 9.17) is 0 Å². The number of hydrogen-bond acceptors (Lipinski definition) is 4. The van der Waals surface area contributed by atoms with Crippen molar-refractivity contribution in [1.82, 2.24) is 9.97 Å². The lowest BCUT2D eigenvalue weighted by Crippen LogP contribution is -1.92. The minimum atomic E-state index is -0.443. The van der Waals surface area contributed by atoms with Crippen LogP contribution in [0.3, 0.4) is 0 Å². The molecule has 5 nitrogen and oxygen atoms in total. The Kier molecular flexibility index (Phi) is 3.85. The summed E-state index contributed by atoms with van der Waals surface area (Å²) in [5.74, 6) is 0.271. The molecular weight excluding hydrogens is 333 g/mol. The molecule has 0 unspecified atom stereocenters. The van der Waals surface area contributed by atoms with Crippen LogP contribution in [0.25, 0.3) is 33.4 Å². The van der Waals surface area contributed by atoms with Crippen molar-refractivity contribution in [3.05, 3.63) is 88.9 Å². The Morgan fingerprint density at radius 3 is 2.12 bits per heavy atom. The van der Waals surface area contributed by atoms with E-state index >= 15 is 0 Å². The van der Waals surface area contributed by atoms with Crippen molar-refractivity contribution in [3.8, 4) is 22.5 Å². The summed E-state index contributed by atoms with van der Waals surface area (Å²) in [6, 6.07) is 18.4. The second kappa shape index (κ2) is 6.33. The fourth-order valence-electron chi connectivity index (χ4n) is 2.73. The number of fused-ring (bicyclic) bond motifs is 1. The zero-order chi connectivity index (χ0) is 18.1. The van der Waals surface area contributed by atoms with Crippen molar-refractivity contribution >= 4 is 16.6 Å². The minimum Gasteiger partial charge on any atom is -0.258 e. The molecule has 1 heterocycles. The van der Waals surface area contributed by atoms with Gasteiger partial charge >= 0.3 is 0 Å².